The van der Waals surface area contributed by atoms with Crippen molar-refractivity contribution in [3.63, 3.8) is 0 Å². The lowest BCUT2D eigenvalue weighted by Gasteiger charge is -2.10. The van der Waals surface area contributed by atoms with Crippen LogP contribution in [0.4, 0.5) is 0 Å². The fourth-order valence-corrected chi connectivity index (χ4v) is 3.21. The zero-order valence-corrected chi connectivity index (χ0v) is 14.0. The molecule has 0 saturated heterocycles. The number of sulfone groups is 1. The smallest absolute Gasteiger partial charge is 0.259 e. The molecule has 6 nitrogen and oxygen atoms in total. The van der Waals surface area contributed by atoms with Crippen LogP contribution in [0.15, 0.2) is 33.7 Å². The van der Waals surface area contributed by atoms with E-state index >= 15 is 0 Å². The lowest BCUT2D eigenvalue weighted by molar-refractivity contribution is 0.417. The molecule has 2 rings (SSSR count). The van der Waals surface area contributed by atoms with E-state index in [1.54, 1.807) is 38.1 Å². The summed E-state index contributed by atoms with van der Waals surface area (Å²) in [5.74, 6) is 0.784. The molecule has 1 atom stereocenters. The number of nitrogens with one attached hydrogen (secondary N) is 1. The predicted molar refractivity (Wildman–Crippen MR) is 84.3 cm³/mol. The van der Waals surface area contributed by atoms with Crippen LogP contribution in [0.25, 0.3) is 11.5 Å². The Kier molecular flexibility index (Phi) is 4.97. The minimum absolute atomic E-state index is 0.208. The number of rotatable bonds is 6. The molecule has 2 aromatic rings. The van der Waals surface area contributed by atoms with Gasteiger partial charge in [-0.25, -0.2) is 8.42 Å². The van der Waals surface area contributed by atoms with E-state index in [1.165, 1.54) is 0 Å². The maximum Gasteiger partial charge on any atom is 0.259 e. The second-order valence-electron chi connectivity index (χ2n) is 5.50. The molecule has 120 valence electrons. The highest BCUT2D eigenvalue weighted by atomic mass is 32.2. The first-order valence-electron chi connectivity index (χ1n) is 7.19. The number of nitrogens with zero attached hydrogens (tertiary/aromatic N) is 2. The van der Waals surface area contributed by atoms with Crippen molar-refractivity contribution < 1.29 is 12.9 Å². The summed E-state index contributed by atoms with van der Waals surface area (Å²) in [7, 11) is -1.56. The van der Waals surface area contributed by atoms with E-state index < -0.39 is 15.1 Å². The quantitative estimate of drug-likeness (QED) is 0.876. The van der Waals surface area contributed by atoms with Crippen LogP contribution >= 0.6 is 0 Å². The van der Waals surface area contributed by atoms with Crippen molar-refractivity contribution in [1.29, 1.82) is 0 Å². The van der Waals surface area contributed by atoms with Gasteiger partial charge in [-0.1, -0.05) is 17.3 Å². The number of hydrogen-bond acceptors (Lipinski definition) is 6. The Morgan fingerprint density at radius 1 is 1.23 bits per heavy atom. The lowest BCUT2D eigenvalue weighted by Crippen LogP contribution is -2.24. The van der Waals surface area contributed by atoms with Crippen LogP contribution < -0.4 is 5.32 Å². The summed E-state index contributed by atoms with van der Waals surface area (Å²) >= 11 is 0. The van der Waals surface area contributed by atoms with Crippen molar-refractivity contribution in [1.82, 2.24) is 15.5 Å². The topological polar surface area (TPSA) is 85.1 Å². The third-order valence-electron chi connectivity index (χ3n) is 3.49. The Labute approximate surface area is 130 Å². The van der Waals surface area contributed by atoms with E-state index in [2.05, 4.69) is 15.5 Å². The van der Waals surface area contributed by atoms with Crippen molar-refractivity contribution in [2.45, 2.75) is 43.4 Å². The van der Waals surface area contributed by atoms with E-state index in [-0.39, 0.29) is 16.8 Å². The first-order chi connectivity index (χ1) is 10.4. The van der Waals surface area contributed by atoms with Gasteiger partial charge in [0.15, 0.2) is 15.7 Å². The average Bonchev–Trinajstić information content (AvgIpc) is 2.95. The van der Waals surface area contributed by atoms with Crippen LogP contribution in [0, 0.1) is 0 Å². The zero-order valence-electron chi connectivity index (χ0n) is 13.2. The number of likely N-dealkylation sites (N-methyl/N-ethyl adjacent to an activating group) is 1. The van der Waals surface area contributed by atoms with Gasteiger partial charge in [0.1, 0.15) is 0 Å². The molecular formula is C15H21N3O3S. The van der Waals surface area contributed by atoms with Gasteiger partial charge in [-0.2, -0.15) is 4.98 Å². The molecule has 7 heteroatoms. The van der Waals surface area contributed by atoms with Gasteiger partial charge in [-0.3, -0.25) is 0 Å². The Morgan fingerprint density at radius 3 is 2.55 bits per heavy atom. The third-order valence-corrected chi connectivity index (χ3v) is 5.70. The SMILES string of the molecule is CNC(C)Cc1noc(-c2ccccc2S(=O)(=O)C(C)C)n1. The van der Waals surface area contributed by atoms with Crippen LogP contribution in [-0.4, -0.2) is 36.9 Å². The number of hydrogen-bond donors (Lipinski definition) is 1. The highest BCUT2D eigenvalue weighted by molar-refractivity contribution is 7.92. The lowest BCUT2D eigenvalue weighted by atomic mass is 10.2. The molecule has 0 bridgehead atoms. The van der Waals surface area contributed by atoms with Gasteiger partial charge in [-0.05, 0) is 40.0 Å². The van der Waals surface area contributed by atoms with Gasteiger partial charge in [0.05, 0.1) is 15.7 Å². The van der Waals surface area contributed by atoms with Gasteiger partial charge in [-0.15, -0.1) is 0 Å². The van der Waals surface area contributed by atoms with Gasteiger partial charge in [0, 0.05) is 12.5 Å². The largest absolute Gasteiger partial charge is 0.334 e. The summed E-state index contributed by atoms with van der Waals surface area (Å²) in [4.78, 5) is 4.54. The summed E-state index contributed by atoms with van der Waals surface area (Å²) in [6.07, 6.45) is 0.610. The molecule has 1 aromatic carbocycles. The third kappa shape index (κ3) is 3.36. The number of aromatic nitrogens is 2. The van der Waals surface area contributed by atoms with Crippen LogP contribution in [0.2, 0.25) is 0 Å². The molecule has 1 aromatic heterocycles. The first kappa shape index (κ1) is 16.6. The maximum atomic E-state index is 12.5. The van der Waals surface area contributed by atoms with Crippen LogP contribution in [0.1, 0.15) is 26.6 Å². The van der Waals surface area contributed by atoms with Gasteiger partial charge < -0.3 is 9.84 Å². The highest BCUT2D eigenvalue weighted by Gasteiger charge is 2.25. The van der Waals surface area contributed by atoms with Crippen molar-refractivity contribution in [2.24, 2.45) is 0 Å². The van der Waals surface area contributed by atoms with Crippen LogP contribution in [0.3, 0.4) is 0 Å². The molecule has 0 aliphatic rings. The molecule has 1 heterocycles. The molecule has 1 N–H and O–H groups in total. The normalized spacial score (nSPS) is 13.5. The Balaban J connectivity index is 2.43. The average molecular weight is 323 g/mol. The van der Waals surface area contributed by atoms with Crippen LogP contribution in [0.5, 0.6) is 0 Å². The van der Waals surface area contributed by atoms with E-state index in [1.807, 2.05) is 14.0 Å². The standard InChI is InChI=1S/C15H21N3O3S/c1-10(2)22(19,20)13-8-6-5-7-12(13)15-17-14(18-21-15)9-11(3)16-4/h5-8,10-11,16H,9H2,1-4H3. The molecule has 0 amide bonds. The number of benzene rings is 1. The van der Waals surface area contributed by atoms with Gasteiger partial charge in [0.2, 0.25) is 0 Å². The summed E-state index contributed by atoms with van der Waals surface area (Å²) < 4.78 is 30.2. The first-order valence-corrected chi connectivity index (χ1v) is 8.74. The van der Waals surface area contributed by atoms with Crippen molar-refractivity contribution in [2.75, 3.05) is 7.05 Å². The molecule has 0 fully saturated rings. The summed E-state index contributed by atoms with van der Waals surface area (Å²) in [6.45, 7) is 5.31. The Bertz CT molecular complexity index is 738. The monoisotopic (exact) mass is 323 g/mol. The Morgan fingerprint density at radius 2 is 1.91 bits per heavy atom. The summed E-state index contributed by atoms with van der Waals surface area (Å²) in [5, 5.41) is 6.51. The molecule has 0 radical (unpaired) electrons. The fourth-order valence-electron chi connectivity index (χ4n) is 1.97. The minimum Gasteiger partial charge on any atom is -0.334 e. The second-order valence-corrected chi connectivity index (χ2v) is 7.97. The van der Waals surface area contributed by atoms with Gasteiger partial charge >= 0.3 is 0 Å². The van der Waals surface area contributed by atoms with E-state index in [0.717, 1.165) is 0 Å². The van der Waals surface area contributed by atoms with E-state index in [0.29, 0.717) is 17.8 Å². The van der Waals surface area contributed by atoms with Gasteiger partial charge in [0.25, 0.3) is 5.89 Å². The molecule has 0 spiro atoms. The fraction of sp³-hybridized carbons (Fsp3) is 0.467. The maximum absolute atomic E-state index is 12.5. The van der Waals surface area contributed by atoms with Crippen LogP contribution in [-0.2, 0) is 16.3 Å². The summed E-state index contributed by atoms with van der Waals surface area (Å²) in [5.41, 5.74) is 0.451. The van der Waals surface area contributed by atoms with E-state index in [4.69, 9.17) is 4.52 Å². The summed E-state index contributed by atoms with van der Waals surface area (Å²) in [6, 6.07) is 6.92. The molecule has 22 heavy (non-hydrogen) atoms. The second kappa shape index (κ2) is 6.58. The predicted octanol–water partition coefficient (Wildman–Crippen LogP) is 2.07. The molecule has 1 unspecified atom stereocenters. The van der Waals surface area contributed by atoms with Crippen molar-refractivity contribution in [3.8, 4) is 11.5 Å². The molecular weight excluding hydrogens is 302 g/mol. The molecule has 0 aliphatic heterocycles. The molecule has 0 aliphatic carbocycles. The van der Waals surface area contributed by atoms with Crippen molar-refractivity contribution in [3.05, 3.63) is 30.1 Å². The minimum atomic E-state index is -3.41. The molecule has 0 saturated carbocycles. The Hall–Kier alpha value is -1.73. The zero-order chi connectivity index (χ0) is 16.3. The van der Waals surface area contributed by atoms with E-state index in [9.17, 15) is 8.42 Å². The van der Waals surface area contributed by atoms with Crippen molar-refractivity contribution >= 4 is 9.84 Å². The highest BCUT2D eigenvalue weighted by Crippen LogP contribution is 2.28.